The number of unbranched alkanes of at least 4 members (excludes halogenated alkanes) is 1. The predicted octanol–water partition coefficient (Wildman–Crippen LogP) is 2.75. The van der Waals surface area contributed by atoms with Crippen molar-refractivity contribution in [1.29, 1.82) is 0 Å². The summed E-state index contributed by atoms with van der Waals surface area (Å²) < 4.78 is 28.3. The van der Waals surface area contributed by atoms with Crippen molar-refractivity contribution in [3.05, 3.63) is 46.9 Å². The molecular formula is C19H23ClN6O3S. The first kappa shape index (κ1) is 21.8. The summed E-state index contributed by atoms with van der Waals surface area (Å²) >= 11 is 5.75. The van der Waals surface area contributed by atoms with Gasteiger partial charge in [0, 0.05) is 23.8 Å². The number of fused-ring (bicyclic) bond motifs is 1. The Bertz CT molecular complexity index is 1180. The van der Waals surface area contributed by atoms with Gasteiger partial charge in [-0.2, -0.15) is 0 Å². The van der Waals surface area contributed by atoms with Gasteiger partial charge in [-0.25, -0.2) is 27.9 Å². The average Bonchev–Trinajstić information content (AvgIpc) is 3.10. The average molecular weight is 451 g/mol. The van der Waals surface area contributed by atoms with Gasteiger partial charge in [0.1, 0.15) is 5.52 Å². The maximum absolute atomic E-state index is 12.2. The number of carbonyl (C=O) groups excluding carboxylic acids is 1. The second-order valence-electron chi connectivity index (χ2n) is 6.87. The van der Waals surface area contributed by atoms with Gasteiger partial charge in [-0.05, 0) is 56.5 Å². The van der Waals surface area contributed by atoms with Gasteiger partial charge in [-0.1, -0.05) is 11.6 Å². The van der Waals surface area contributed by atoms with Crippen molar-refractivity contribution in [2.45, 2.75) is 38.1 Å². The maximum atomic E-state index is 12.2. The first-order chi connectivity index (χ1) is 14.2. The summed E-state index contributed by atoms with van der Waals surface area (Å²) in [6.07, 6.45) is 3.15. The minimum Gasteiger partial charge on any atom is -0.382 e. The standard InChI is InChI=1S/C19H23ClN6O3S/c1-12-13(2)24-18(21)16-17(12)26(11-23-16)10-4-3-9-22-19(27)25-30(28,29)15-7-5-14(20)6-8-15/h5-8,11H,3-4,9-10H2,1-2H3,(H2,21,24)(H2,22,25,27). The predicted molar refractivity (Wildman–Crippen MR) is 116 cm³/mol. The number of imidazole rings is 1. The Hall–Kier alpha value is -2.85. The fourth-order valence-corrected chi connectivity index (χ4v) is 4.12. The lowest BCUT2D eigenvalue weighted by Crippen LogP contribution is -2.39. The van der Waals surface area contributed by atoms with Crippen molar-refractivity contribution in [1.82, 2.24) is 24.6 Å². The molecule has 0 radical (unpaired) electrons. The van der Waals surface area contributed by atoms with E-state index in [-0.39, 0.29) is 4.90 Å². The third kappa shape index (κ3) is 4.82. The minimum absolute atomic E-state index is 0.0338. The number of hydrogen-bond donors (Lipinski definition) is 3. The second kappa shape index (κ2) is 8.88. The zero-order chi connectivity index (χ0) is 21.9. The van der Waals surface area contributed by atoms with Crippen molar-refractivity contribution in [2.24, 2.45) is 0 Å². The summed E-state index contributed by atoms with van der Waals surface area (Å²) in [6, 6.07) is 4.78. The fraction of sp³-hybridized carbons (Fsp3) is 0.316. The van der Waals surface area contributed by atoms with Crippen LogP contribution >= 0.6 is 11.6 Å². The Morgan fingerprint density at radius 3 is 2.60 bits per heavy atom. The number of hydrogen-bond acceptors (Lipinski definition) is 6. The number of nitrogens with two attached hydrogens (primary N) is 1. The quantitative estimate of drug-likeness (QED) is 0.474. The van der Waals surface area contributed by atoms with E-state index in [9.17, 15) is 13.2 Å². The molecule has 9 nitrogen and oxygen atoms in total. The molecule has 0 aliphatic heterocycles. The van der Waals surface area contributed by atoms with Crippen LogP contribution in [0.2, 0.25) is 5.02 Å². The van der Waals surface area contributed by atoms with Gasteiger partial charge in [0.15, 0.2) is 5.82 Å². The lowest BCUT2D eigenvalue weighted by molar-refractivity contribution is 0.245. The third-order valence-corrected chi connectivity index (χ3v) is 6.33. The summed E-state index contributed by atoms with van der Waals surface area (Å²) in [7, 11) is -3.94. The van der Waals surface area contributed by atoms with E-state index in [2.05, 4.69) is 15.3 Å². The smallest absolute Gasteiger partial charge is 0.328 e. The molecule has 11 heteroatoms. The van der Waals surface area contributed by atoms with Crippen LogP contribution in [0.5, 0.6) is 0 Å². The molecule has 2 aromatic heterocycles. The van der Waals surface area contributed by atoms with E-state index in [0.29, 0.717) is 35.9 Å². The number of nitrogen functional groups attached to an aromatic ring is 1. The Morgan fingerprint density at radius 1 is 1.20 bits per heavy atom. The highest BCUT2D eigenvalue weighted by Gasteiger charge is 2.17. The summed E-state index contributed by atoms with van der Waals surface area (Å²) in [6.45, 7) is 4.90. The van der Waals surface area contributed by atoms with Crippen molar-refractivity contribution in [2.75, 3.05) is 12.3 Å². The molecule has 0 bridgehead atoms. The number of carbonyl (C=O) groups is 1. The Balaban J connectivity index is 1.49. The molecule has 3 rings (SSSR count). The largest absolute Gasteiger partial charge is 0.382 e. The van der Waals surface area contributed by atoms with Crippen LogP contribution in [0.4, 0.5) is 10.6 Å². The van der Waals surface area contributed by atoms with Crippen LogP contribution in [0, 0.1) is 13.8 Å². The summed E-state index contributed by atoms with van der Waals surface area (Å²) in [5, 5.41) is 2.97. The van der Waals surface area contributed by atoms with Crippen LogP contribution in [-0.2, 0) is 16.6 Å². The highest BCUT2D eigenvalue weighted by molar-refractivity contribution is 7.90. The van der Waals surface area contributed by atoms with Crippen molar-refractivity contribution in [3.8, 4) is 0 Å². The van der Waals surface area contributed by atoms with Crippen molar-refractivity contribution >= 4 is 44.5 Å². The molecule has 0 aliphatic rings. The zero-order valence-corrected chi connectivity index (χ0v) is 18.2. The number of nitrogens with one attached hydrogen (secondary N) is 2. The number of aryl methyl sites for hydroxylation is 3. The van der Waals surface area contributed by atoms with Gasteiger partial charge < -0.3 is 15.6 Å². The molecule has 3 aromatic rings. The Morgan fingerprint density at radius 2 is 1.90 bits per heavy atom. The molecule has 4 N–H and O–H groups in total. The number of benzene rings is 1. The number of pyridine rings is 1. The number of rotatable bonds is 7. The second-order valence-corrected chi connectivity index (χ2v) is 8.98. The van der Waals surface area contributed by atoms with Crippen molar-refractivity contribution in [3.63, 3.8) is 0 Å². The van der Waals surface area contributed by atoms with Gasteiger partial charge in [0.05, 0.1) is 16.7 Å². The topological polar surface area (TPSA) is 132 Å². The SMILES string of the molecule is Cc1nc(N)c2ncn(CCCCNC(=O)NS(=O)(=O)c3ccc(Cl)cc3)c2c1C. The first-order valence-corrected chi connectivity index (χ1v) is 11.2. The molecular weight excluding hydrogens is 428 g/mol. The van der Waals surface area contributed by atoms with Crippen molar-refractivity contribution < 1.29 is 13.2 Å². The van der Waals surface area contributed by atoms with E-state index in [0.717, 1.165) is 23.2 Å². The first-order valence-electron chi connectivity index (χ1n) is 9.33. The summed E-state index contributed by atoms with van der Waals surface area (Å²) in [5.41, 5.74) is 9.49. The number of aromatic nitrogens is 3. The monoisotopic (exact) mass is 450 g/mol. The molecule has 1 aromatic carbocycles. The normalized spacial score (nSPS) is 11.6. The van der Waals surface area contributed by atoms with E-state index in [1.807, 2.05) is 23.1 Å². The van der Waals surface area contributed by atoms with Gasteiger partial charge in [-0.15, -0.1) is 0 Å². The molecule has 30 heavy (non-hydrogen) atoms. The molecule has 0 aliphatic carbocycles. The molecule has 0 spiro atoms. The molecule has 0 fully saturated rings. The summed E-state index contributed by atoms with van der Waals surface area (Å²) in [5.74, 6) is 0.409. The van der Waals surface area contributed by atoms with Gasteiger partial charge in [0.2, 0.25) is 0 Å². The molecule has 160 valence electrons. The number of nitrogens with zero attached hydrogens (tertiary/aromatic N) is 3. The third-order valence-electron chi connectivity index (χ3n) is 4.73. The molecule has 0 atom stereocenters. The Labute approximate surface area is 179 Å². The van der Waals surface area contributed by atoms with Crippen LogP contribution in [0.3, 0.4) is 0 Å². The summed E-state index contributed by atoms with van der Waals surface area (Å²) in [4.78, 5) is 20.5. The van der Waals surface area contributed by atoms with Gasteiger partial charge in [-0.3, -0.25) is 0 Å². The highest BCUT2D eigenvalue weighted by atomic mass is 35.5. The minimum atomic E-state index is -3.94. The van der Waals surface area contributed by atoms with E-state index < -0.39 is 16.1 Å². The number of halogens is 1. The lowest BCUT2D eigenvalue weighted by Gasteiger charge is -2.10. The highest BCUT2D eigenvalue weighted by Crippen LogP contribution is 2.24. The number of amides is 2. The lowest BCUT2D eigenvalue weighted by atomic mass is 10.2. The molecule has 0 saturated carbocycles. The molecule has 2 heterocycles. The van der Waals surface area contributed by atoms with E-state index in [4.69, 9.17) is 17.3 Å². The van der Waals surface area contributed by atoms with Gasteiger partial charge in [0.25, 0.3) is 10.0 Å². The maximum Gasteiger partial charge on any atom is 0.328 e. The molecule has 2 amide bonds. The van der Waals surface area contributed by atoms with Gasteiger partial charge >= 0.3 is 6.03 Å². The van der Waals surface area contributed by atoms with E-state index >= 15 is 0 Å². The van der Waals surface area contributed by atoms with Crippen LogP contribution in [0.25, 0.3) is 11.0 Å². The van der Waals surface area contributed by atoms with Crippen LogP contribution in [0.1, 0.15) is 24.1 Å². The molecule has 0 unspecified atom stereocenters. The fourth-order valence-electron chi connectivity index (χ4n) is 3.06. The molecule has 0 saturated heterocycles. The van der Waals surface area contributed by atoms with E-state index in [1.165, 1.54) is 24.3 Å². The Kier molecular flexibility index (Phi) is 6.47. The number of urea groups is 1. The van der Waals surface area contributed by atoms with Crippen LogP contribution < -0.4 is 15.8 Å². The number of anilines is 1. The van der Waals surface area contributed by atoms with Crippen LogP contribution in [-0.4, -0.2) is 35.5 Å². The van der Waals surface area contributed by atoms with E-state index in [1.54, 1.807) is 6.33 Å². The zero-order valence-electron chi connectivity index (χ0n) is 16.6. The van der Waals surface area contributed by atoms with Crippen LogP contribution in [0.15, 0.2) is 35.5 Å². The number of sulfonamides is 1.